The summed E-state index contributed by atoms with van der Waals surface area (Å²) in [6.45, 7) is 6.81. The monoisotopic (exact) mass is 402 g/mol. The first-order chi connectivity index (χ1) is 13.5. The number of amides is 1. The van der Waals surface area contributed by atoms with Gasteiger partial charge in [0.15, 0.2) is 0 Å². The number of nitrogens with zero attached hydrogens (tertiary/aromatic N) is 4. The Hall–Kier alpha value is -1.85. The van der Waals surface area contributed by atoms with Crippen LogP contribution in [0.5, 0.6) is 0 Å². The molecule has 28 heavy (non-hydrogen) atoms. The molecule has 6 heteroatoms. The fraction of sp³-hybridized carbons (Fsp3) is 0.545. The van der Waals surface area contributed by atoms with Crippen LogP contribution < -0.4 is 0 Å². The molecule has 2 aromatic rings. The van der Waals surface area contributed by atoms with Crippen LogP contribution in [0.3, 0.4) is 0 Å². The second-order valence-electron chi connectivity index (χ2n) is 7.88. The minimum absolute atomic E-state index is 0.214. The number of likely N-dealkylation sites (tertiary alicyclic amines) is 1. The number of hydrogen-bond donors (Lipinski definition) is 0. The Bertz CT molecular complexity index is 758. The van der Waals surface area contributed by atoms with E-state index in [1.807, 2.05) is 41.8 Å². The molecule has 1 fully saturated rings. The summed E-state index contributed by atoms with van der Waals surface area (Å²) >= 11 is 5.97. The molecule has 1 aliphatic heterocycles. The molecule has 1 atom stereocenters. The Morgan fingerprint density at radius 2 is 2.07 bits per heavy atom. The summed E-state index contributed by atoms with van der Waals surface area (Å²) in [6.07, 6.45) is 7.70. The predicted molar refractivity (Wildman–Crippen MR) is 114 cm³/mol. The van der Waals surface area contributed by atoms with Gasteiger partial charge in [-0.05, 0) is 56.3 Å². The van der Waals surface area contributed by atoms with E-state index in [4.69, 9.17) is 11.6 Å². The Labute approximate surface area is 173 Å². The van der Waals surface area contributed by atoms with Crippen molar-refractivity contribution in [3.63, 3.8) is 0 Å². The normalized spacial score (nSPS) is 17.6. The zero-order valence-electron chi connectivity index (χ0n) is 17.0. The molecule has 152 valence electrons. The fourth-order valence-corrected chi connectivity index (χ4v) is 4.10. The smallest absolute Gasteiger partial charge is 0.224 e. The summed E-state index contributed by atoms with van der Waals surface area (Å²) in [5.41, 5.74) is 1.33. The molecule has 0 N–H and O–H groups in total. The van der Waals surface area contributed by atoms with E-state index in [1.165, 1.54) is 18.4 Å². The van der Waals surface area contributed by atoms with Gasteiger partial charge in [-0.3, -0.25) is 4.79 Å². The van der Waals surface area contributed by atoms with Gasteiger partial charge in [-0.2, -0.15) is 0 Å². The number of halogens is 1. The molecule has 2 heterocycles. The third kappa shape index (κ3) is 6.08. The molecule has 1 aromatic carbocycles. The lowest BCUT2D eigenvalue weighted by Gasteiger charge is -2.34. The van der Waals surface area contributed by atoms with Crippen molar-refractivity contribution >= 4 is 17.5 Å². The minimum atomic E-state index is 0.214. The topological polar surface area (TPSA) is 41.4 Å². The quantitative estimate of drug-likeness (QED) is 0.676. The summed E-state index contributed by atoms with van der Waals surface area (Å²) < 4.78 is 2.03. The van der Waals surface area contributed by atoms with Crippen molar-refractivity contribution < 1.29 is 4.79 Å². The van der Waals surface area contributed by atoms with Crippen molar-refractivity contribution in [1.82, 2.24) is 19.4 Å². The maximum atomic E-state index is 12.5. The van der Waals surface area contributed by atoms with Crippen LogP contribution >= 0.6 is 11.6 Å². The molecular weight excluding hydrogens is 372 g/mol. The first-order valence-corrected chi connectivity index (χ1v) is 10.6. The van der Waals surface area contributed by atoms with Crippen LogP contribution in [0.4, 0.5) is 0 Å². The van der Waals surface area contributed by atoms with Crippen molar-refractivity contribution in [2.45, 2.75) is 39.2 Å². The highest BCUT2D eigenvalue weighted by atomic mass is 35.5. The van der Waals surface area contributed by atoms with Crippen LogP contribution in [0.2, 0.25) is 5.02 Å². The molecule has 1 amide bonds. The highest BCUT2D eigenvalue weighted by molar-refractivity contribution is 6.30. The highest BCUT2D eigenvalue weighted by Gasteiger charge is 2.22. The van der Waals surface area contributed by atoms with Crippen molar-refractivity contribution in [3.8, 4) is 0 Å². The Morgan fingerprint density at radius 3 is 2.79 bits per heavy atom. The van der Waals surface area contributed by atoms with Crippen molar-refractivity contribution in [3.05, 3.63) is 53.1 Å². The molecule has 0 radical (unpaired) electrons. The largest absolute Gasteiger partial charge is 0.345 e. The molecule has 0 saturated carbocycles. The van der Waals surface area contributed by atoms with E-state index >= 15 is 0 Å². The molecule has 0 spiro atoms. The number of rotatable bonds is 8. The molecule has 0 aliphatic carbocycles. The zero-order valence-corrected chi connectivity index (χ0v) is 17.7. The van der Waals surface area contributed by atoms with Crippen molar-refractivity contribution in [2.75, 3.05) is 33.2 Å². The maximum absolute atomic E-state index is 12.5. The molecule has 1 aliphatic rings. The number of benzene rings is 1. The second kappa shape index (κ2) is 10.1. The van der Waals surface area contributed by atoms with Crippen LogP contribution in [0.25, 0.3) is 0 Å². The first-order valence-electron chi connectivity index (χ1n) is 10.2. The molecule has 3 rings (SSSR count). The summed E-state index contributed by atoms with van der Waals surface area (Å²) in [6, 6.07) is 8.14. The number of carbonyl (C=O) groups excluding carboxylic acids is 1. The zero-order chi connectivity index (χ0) is 19.9. The maximum Gasteiger partial charge on any atom is 0.224 e. The third-order valence-corrected chi connectivity index (χ3v) is 5.93. The Kier molecular flexibility index (Phi) is 7.51. The molecular formula is C22H31ClN4O. The fourth-order valence-electron chi connectivity index (χ4n) is 3.98. The van der Waals surface area contributed by atoms with Crippen LogP contribution in [0.1, 0.15) is 30.7 Å². The van der Waals surface area contributed by atoms with Gasteiger partial charge < -0.3 is 14.4 Å². The number of carbonyl (C=O) groups is 1. The van der Waals surface area contributed by atoms with Gasteiger partial charge in [0.2, 0.25) is 5.91 Å². The van der Waals surface area contributed by atoms with Crippen molar-refractivity contribution in [1.29, 1.82) is 0 Å². The van der Waals surface area contributed by atoms with Gasteiger partial charge in [0.25, 0.3) is 0 Å². The summed E-state index contributed by atoms with van der Waals surface area (Å²) in [5.74, 6) is 1.73. The average molecular weight is 403 g/mol. The van der Waals surface area contributed by atoms with Crippen LogP contribution in [0.15, 0.2) is 36.7 Å². The van der Waals surface area contributed by atoms with Gasteiger partial charge >= 0.3 is 0 Å². The van der Waals surface area contributed by atoms with Crippen LogP contribution in [-0.2, 0) is 17.8 Å². The average Bonchev–Trinajstić information content (AvgIpc) is 3.10. The van der Waals surface area contributed by atoms with E-state index in [9.17, 15) is 4.79 Å². The van der Waals surface area contributed by atoms with Crippen molar-refractivity contribution in [2.24, 2.45) is 5.92 Å². The van der Waals surface area contributed by atoms with Gasteiger partial charge in [-0.25, -0.2) is 4.98 Å². The SMILES string of the molecule is Cc1nccn1CCC(=O)N(C)CC1CCCN(CCc2ccc(Cl)cc2)C1. The summed E-state index contributed by atoms with van der Waals surface area (Å²) in [5, 5.41) is 0.790. The standard InChI is InChI=1S/C22H31ClN4O/c1-18-24-11-15-27(18)14-10-22(28)25(2)16-20-4-3-12-26(17-20)13-9-19-5-7-21(23)8-6-19/h5-8,11,15,20H,3-4,9-10,12-14,16-17H2,1-2H3. The number of hydrogen-bond acceptors (Lipinski definition) is 3. The van der Waals surface area contributed by atoms with Gasteiger partial charge in [-0.15, -0.1) is 0 Å². The first kappa shape index (κ1) is 20.9. The molecule has 1 aromatic heterocycles. The predicted octanol–water partition coefficient (Wildman–Crippen LogP) is 3.65. The number of piperidine rings is 1. The molecule has 0 bridgehead atoms. The lowest BCUT2D eigenvalue weighted by atomic mass is 9.97. The number of aromatic nitrogens is 2. The Morgan fingerprint density at radius 1 is 1.29 bits per heavy atom. The highest BCUT2D eigenvalue weighted by Crippen LogP contribution is 2.19. The van der Waals surface area contributed by atoms with Gasteiger partial charge in [-0.1, -0.05) is 23.7 Å². The van der Waals surface area contributed by atoms with E-state index < -0.39 is 0 Å². The van der Waals surface area contributed by atoms with E-state index in [2.05, 4.69) is 22.0 Å². The van der Waals surface area contributed by atoms with Crippen LogP contribution in [-0.4, -0.2) is 58.5 Å². The van der Waals surface area contributed by atoms with E-state index in [0.29, 0.717) is 18.9 Å². The summed E-state index contributed by atoms with van der Waals surface area (Å²) in [4.78, 5) is 21.2. The molecule has 5 nitrogen and oxygen atoms in total. The third-order valence-electron chi connectivity index (χ3n) is 5.68. The van der Waals surface area contributed by atoms with Gasteiger partial charge in [0.05, 0.1) is 0 Å². The number of aryl methyl sites for hydroxylation is 2. The van der Waals surface area contributed by atoms with E-state index in [1.54, 1.807) is 6.20 Å². The minimum Gasteiger partial charge on any atom is -0.345 e. The van der Waals surface area contributed by atoms with E-state index in [0.717, 1.165) is 43.4 Å². The molecule has 1 unspecified atom stereocenters. The van der Waals surface area contributed by atoms with Gasteiger partial charge in [0, 0.05) is 57.1 Å². The lowest BCUT2D eigenvalue weighted by molar-refractivity contribution is -0.130. The van der Waals surface area contributed by atoms with Crippen LogP contribution in [0, 0.1) is 12.8 Å². The molecule has 1 saturated heterocycles. The summed E-state index contributed by atoms with van der Waals surface area (Å²) in [7, 11) is 1.94. The second-order valence-corrected chi connectivity index (χ2v) is 8.31. The van der Waals surface area contributed by atoms with Gasteiger partial charge in [0.1, 0.15) is 5.82 Å². The lowest BCUT2D eigenvalue weighted by Crippen LogP contribution is -2.42. The number of imidazole rings is 1. The Balaban J connectivity index is 1.41. The van der Waals surface area contributed by atoms with E-state index in [-0.39, 0.29) is 5.91 Å².